The van der Waals surface area contributed by atoms with Crippen molar-refractivity contribution in [2.24, 2.45) is 0 Å². The Bertz CT molecular complexity index is 957. The van der Waals surface area contributed by atoms with Crippen molar-refractivity contribution in [2.45, 2.75) is 13.5 Å². The number of carbonyl (C=O) groups excluding carboxylic acids is 1. The third kappa shape index (κ3) is 3.32. The van der Waals surface area contributed by atoms with Gasteiger partial charge in [0.25, 0.3) is 0 Å². The molecule has 1 aromatic carbocycles. The largest absolute Gasteiger partial charge is 0.329 e. The van der Waals surface area contributed by atoms with E-state index in [9.17, 15) is 19.3 Å². The molecule has 2 heterocycles. The summed E-state index contributed by atoms with van der Waals surface area (Å²) in [5, 5.41) is 12.4. The average Bonchev–Trinajstić information content (AvgIpc) is 2.66. The number of benzene rings is 1. The number of nitrogens with zero attached hydrogens (tertiary/aromatic N) is 5. The maximum atomic E-state index is 13.8. The Morgan fingerprint density at radius 3 is 2.71 bits per heavy atom. The number of nitro groups is 1. The van der Waals surface area contributed by atoms with Gasteiger partial charge in [-0.3, -0.25) is 24.8 Å². The maximum Gasteiger partial charge on any atom is 0.329 e. The van der Waals surface area contributed by atoms with Crippen molar-refractivity contribution < 1.29 is 18.9 Å². The molecule has 0 radical (unpaired) electrons. The van der Waals surface area contributed by atoms with E-state index < -0.39 is 22.5 Å². The minimum atomic E-state index is -1.06. The summed E-state index contributed by atoms with van der Waals surface area (Å²) in [5.41, 5.74) is 0.654. The molecule has 0 fully saturated rings. The molecule has 0 unspecified atom stereocenters. The second-order valence-electron chi connectivity index (χ2n) is 5.98. The van der Waals surface area contributed by atoms with E-state index in [0.29, 0.717) is 23.6 Å². The quantitative estimate of drug-likeness (QED) is 0.551. The molecule has 28 heavy (non-hydrogen) atoms. The smallest absolute Gasteiger partial charge is 0.294 e. The molecule has 0 bridgehead atoms. The zero-order chi connectivity index (χ0) is 20.6. The van der Waals surface area contributed by atoms with Crippen molar-refractivity contribution in [3.63, 3.8) is 0 Å². The summed E-state index contributed by atoms with van der Waals surface area (Å²) < 4.78 is 13.8. The molecule has 2 amide bonds. The van der Waals surface area contributed by atoms with Gasteiger partial charge in [0.15, 0.2) is 5.82 Å². The zero-order valence-electron chi connectivity index (χ0n) is 15.3. The summed E-state index contributed by atoms with van der Waals surface area (Å²) in [5.74, 6) is -0.554. The highest BCUT2D eigenvalue weighted by Crippen LogP contribution is 2.38. The molecule has 148 valence electrons. The Kier molecular flexibility index (Phi) is 5.34. The first-order valence-electron chi connectivity index (χ1n) is 8.27. The second kappa shape index (κ2) is 7.56. The van der Waals surface area contributed by atoms with Gasteiger partial charge in [0.2, 0.25) is 5.82 Å². The number of nitro benzene ring substituents is 1. The number of pyridine rings is 1. The number of amides is 2. The molecule has 0 aliphatic carbocycles. The summed E-state index contributed by atoms with van der Waals surface area (Å²) in [6, 6.07) is 3.08. The second-order valence-corrected chi connectivity index (χ2v) is 6.38. The van der Waals surface area contributed by atoms with Gasteiger partial charge in [-0.25, -0.2) is 14.8 Å². The summed E-state index contributed by atoms with van der Waals surface area (Å²) in [6.07, 6.45) is 1.59. The van der Waals surface area contributed by atoms with Crippen LogP contribution in [0.5, 0.6) is 0 Å². The first-order chi connectivity index (χ1) is 13.3. The van der Waals surface area contributed by atoms with Crippen LogP contribution >= 0.6 is 11.6 Å². The van der Waals surface area contributed by atoms with Gasteiger partial charge in [0, 0.05) is 43.6 Å². The molecule has 0 spiro atoms. The number of hydrogen-bond acceptors (Lipinski definition) is 6. The lowest BCUT2D eigenvalue weighted by Gasteiger charge is -2.37. The van der Waals surface area contributed by atoms with Gasteiger partial charge in [0.05, 0.1) is 35.0 Å². The molecule has 2 aromatic rings. The van der Waals surface area contributed by atoms with Crippen molar-refractivity contribution >= 4 is 40.5 Å². The normalized spacial score (nSPS) is 13.5. The highest BCUT2D eigenvalue weighted by atomic mass is 35.5. The molecule has 0 atom stereocenters. The van der Waals surface area contributed by atoms with Crippen molar-refractivity contribution in [3.05, 3.63) is 50.9 Å². The van der Waals surface area contributed by atoms with Crippen LogP contribution in [0, 0.1) is 15.9 Å². The van der Waals surface area contributed by atoms with Crippen molar-refractivity contribution in [1.82, 2.24) is 4.98 Å². The van der Waals surface area contributed by atoms with Crippen LogP contribution in [0.1, 0.15) is 12.5 Å². The zero-order valence-corrected chi connectivity index (χ0v) is 16.1. The number of halogens is 2. The molecule has 11 heteroatoms. The molecular formula is C17H17ClFN5O4. The summed E-state index contributed by atoms with van der Waals surface area (Å²) in [7, 11) is 3.18. The van der Waals surface area contributed by atoms with Gasteiger partial charge in [-0.2, -0.15) is 4.39 Å². The Morgan fingerprint density at radius 2 is 2.11 bits per heavy atom. The van der Waals surface area contributed by atoms with Crippen LogP contribution < -0.4 is 14.9 Å². The molecule has 3 rings (SSSR count). The molecule has 0 saturated heterocycles. The Hall–Kier alpha value is -2.98. The fraction of sp³-hybridized carbons (Fsp3) is 0.294. The topological polar surface area (TPSA) is 92.0 Å². The lowest BCUT2D eigenvalue weighted by molar-refractivity contribution is -0.387. The standard InChI is InChI=1S/C17H17ClFN5O4/c1-4-22-13-7-16(21(2)28-3)20-8-10(13)9-23(17(22)25)14-6-15(24(26)27)12(19)5-11(14)18/h5-8H,4,9H2,1-3H3. The molecule has 0 N–H and O–H groups in total. The number of fused-ring (bicyclic) bond motifs is 1. The number of carbonyl (C=O) groups is 1. The lowest BCUT2D eigenvalue weighted by atomic mass is 10.1. The fourth-order valence-electron chi connectivity index (χ4n) is 2.96. The van der Waals surface area contributed by atoms with Gasteiger partial charge in [0.1, 0.15) is 0 Å². The number of anilines is 3. The van der Waals surface area contributed by atoms with Crippen LogP contribution in [0.25, 0.3) is 0 Å². The van der Waals surface area contributed by atoms with Gasteiger partial charge < -0.3 is 0 Å². The van der Waals surface area contributed by atoms with Crippen LogP contribution in [0.3, 0.4) is 0 Å². The van der Waals surface area contributed by atoms with Crippen molar-refractivity contribution in [1.29, 1.82) is 0 Å². The van der Waals surface area contributed by atoms with E-state index in [1.165, 1.54) is 22.0 Å². The minimum absolute atomic E-state index is 0.0574. The molecule has 9 nitrogen and oxygen atoms in total. The number of hydroxylamine groups is 1. The number of urea groups is 1. The molecule has 0 saturated carbocycles. The van der Waals surface area contributed by atoms with E-state index in [2.05, 4.69) is 4.98 Å². The number of hydrogen-bond donors (Lipinski definition) is 0. The SMILES string of the molecule is CCN1C(=O)N(c2cc([N+](=O)[O-])c(F)cc2Cl)Cc2cnc(N(C)OC)cc21. The van der Waals surface area contributed by atoms with Crippen LogP contribution in [0.15, 0.2) is 24.4 Å². The number of aromatic nitrogens is 1. The highest BCUT2D eigenvalue weighted by molar-refractivity contribution is 6.34. The van der Waals surface area contributed by atoms with E-state index in [4.69, 9.17) is 16.4 Å². The van der Waals surface area contributed by atoms with Crippen LogP contribution in [-0.2, 0) is 11.4 Å². The Labute approximate surface area is 165 Å². The highest BCUT2D eigenvalue weighted by Gasteiger charge is 2.33. The minimum Gasteiger partial charge on any atom is -0.294 e. The fourth-order valence-corrected chi connectivity index (χ4v) is 3.21. The molecular weight excluding hydrogens is 393 g/mol. The van der Waals surface area contributed by atoms with Crippen LogP contribution in [-0.4, -0.2) is 36.6 Å². The van der Waals surface area contributed by atoms with E-state index in [0.717, 1.165) is 12.1 Å². The van der Waals surface area contributed by atoms with Gasteiger partial charge in [-0.05, 0) is 6.92 Å². The molecule has 1 aromatic heterocycles. The summed E-state index contributed by atoms with van der Waals surface area (Å²) in [4.78, 5) is 35.4. The third-order valence-corrected chi connectivity index (χ3v) is 4.75. The molecule has 1 aliphatic rings. The molecule has 1 aliphatic heterocycles. The van der Waals surface area contributed by atoms with Crippen LogP contribution in [0.2, 0.25) is 5.02 Å². The number of rotatable bonds is 5. The first kappa shape index (κ1) is 19.8. The van der Waals surface area contributed by atoms with E-state index in [-0.39, 0.29) is 17.3 Å². The predicted octanol–water partition coefficient (Wildman–Crippen LogP) is 3.75. The van der Waals surface area contributed by atoms with Gasteiger partial charge in [-0.1, -0.05) is 11.6 Å². The van der Waals surface area contributed by atoms with Gasteiger partial charge >= 0.3 is 11.7 Å². The first-order valence-corrected chi connectivity index (χ1v) is 8.65. The van der Waals surface area contributed by atoms with E-state index in [1.807, 2.05) is 0 Å². The average molecular weight is 410 g/mol. The predicted molar refractivity (Wildman–Crippen MR) is 102 cm³/mol. The summed E-state index contributed by atoms with van der Waals surface area (Å²) >= 11 is 6.09. The Morgan fingerprint density at radius 1 is 1.39 bits per heavy atom. The Balaban J connectivity index is 2.09. The third-order valence-electron chi connectivity index (χ3n) is 4.45. The maximum absolute atomic E-state index is 13.8. The summed E-state index contributed by atoms with van der Waals surface area (Å²) in [6.45, 7) is 2.21. The van der Waals surface area contributed by atoms with E-state index in [1.54, 1.807) is 26.2 Å². The van der Waals surface area contributed by atoms with Crippen molar-refractivity contribution in [3.8, 4) is 0 Å². The monoisotopic (exact) mass is 409 g/mol. The lowest BCUT2D eigenvalue weighted by Crippen LogP contribution is -2.47. The van der Waals surface area contributed by atoms with E-state index >= 15 is 0 Å². The van der Waals surface area contributed by atoms with Crippen molar-refractivity contribution in [2.75, 3.05) is 35.6 Å². The van der Waals surface area contributed by atoms with Crippen LogP contribution in [0.4, 0.5) is 32.1 Å². The van der Waals surface area contributed by atoms with Gasteiger partial charge in [-0.15, -0.1) is 0 Å².